The van der Waals surface area contributed by atoms with Crippen LogP contribution in [-0.4, -0.2) is 43.6 Å². The zero-order valence-electron chi connectivity index (χ0n) is 15.5. The molecule has 1 aromatic carbocycles. The fraction of sp³-hybridized carbons (Fsp3) is 0.421. The predicted molar refractivity (Wildman–Crippen MR) is 95.4 cm³/mol. The van der Waals surface area contributed by atoms with E-state index in [4.69, 9.17) is 4.74 Å². The molecule has 1 unspecified atom stereocenters. The van der Waals surface area contributed by atoms with Crippen LogP contribution in [0.4, 0.5) is 4.79 Å². The Hall–Kier alpha value is -2.83. The molecule has 1 aliphatic heterocycles. The summed E-state index contributed by atoms with van der Waals surface area (Å²) in [5, 5.41) is 2.81. The minimum atomic E-state index is -0.639. The summed E-state index contributed by atoms with van der Waals surface area (Å²) in [5.74, 6) is -0.903. The van der Waals surface area contributed by atoms with E-state index >= 15 is 0 Å². The molecule has 140 valence electrons. The Labute approximate surface area is 153 Å². The second-order valence-electron chi connectivity index (χ2n) is 6.04. The molecule has 0 fully saturated rings. The number of nitrogens with zero attached hydrogens (tertiary/aromatic N) is 1. The predicted octanol–water partition coefficient (Wildman–Crippen LogP) is 2.79. The van der Waals surface area contributed by atoms with E-state index in [-0.39, 0.29) is 6.03 Å². The molecule has 0 bridgehead atoms. The largest absolute Gasteiger partial charge is 0.465 e. The van der Waals surface area contributed by atoms with Gasteiger partial charge in [-0.15, -0.1) is 0 Å². The minimum Gasteiger partial charge on any atom is -0.465 e. The zero-order valence-corrected chi connectivity index (χ0v) is 15.5. The lowest BCUT2D eigenvalue weighted by atomic mass is 9.94. The van der Waals surface area contributed by atoms with Gasteiger partial charge in [0, 0.05) is 12.7 Å². The number of allylic oxidation sites excluding steroid dienone is 1. The van der Waals surface area contributed by atoms with Crippen LogP contribution in [0.15, 0.2) is 35.5 Å². The van der Waals surface area contributed by atoms with Crippen molar-refractivity contribution in [1.29, 1.82) is 0 Å². The summed E-state index contributed by atoms with van der Waals surface area (Å²) in [5.41, 5.74) is 2.00. The van der Waals surface area contributed by atoms with Crippen molar-refractivity contribution < 1.29 is 23.9 Å². The van der Waals surface area contributed by atoms with Crippen LogP contribution in [0.5, 0.6) is 0 Å². The van der Waals surface area contributed by atoms with Crippen LogP contribution in [0.1, 0.15) is 48.7 Å². The van der Waals surface area contributed by atoms with E-state index in [1.165, 1.54) is 12.0 Å². The van der Waals surface area contributed by atoms with Crippen molar-refractivity contribution in [3.05, 3.63) is 46.7 Å². The first-order valence-electron chi connectivity index (χ1n) is 8.51. The lowest BCUT2D eigenvalue weighted by molar-refractivity contribution is -0.139. The van der Waals surface area contributed by atoms with E-state index in [1.54, 1.807) is 38.2 Å². The maximum absolute atomic E-state index is 12.6. The van der Waals surface area contributed by atoms with Crippen molar-refractivity contribution >= 4 is 18.0 Å². The van der Waals surface area contributed by atoms with Crippen LogP contribution in [-0.2, 0) is 14.3 Å². The zero-order chi connectivity index (χ0) is 19.3. The number of ether oxygens (including phenoxy) is 2. The van der Waals surface area contributed by atoms with Crippen molar-refractivity contribution in [2.24, 2.45) is 0 Å². The quantitative estimate of drug-likeness (QED) is 0.623. The monoisotopic (exact) mass is 360 g/mol. The van der Waals surface area contributed by atoms with Gasteiger partial charge in [0.05, 0.1) is 30.9 Å². The Balaban J connectivity index is 2.35. The molecule has 26 heavy (non-hydrogen) atoms. The molecular formula is C19H24N2O5. The van der Waals surface area contributed by atoms with Gasteiger partial charge in [-0.3, -0.25) is 0 Å². The Kier molecular flexibility index (Phi) is 6.38. The number of rotatable bonds is 6. The smallest absolute Gasteiger partial charge is 0.338 e. The van der Waals surface area contributed by atoms with Gasteiger partial charge in [0.2, 0.25) is 0 Å². The lowest BCUT2D eigenvalue weighted by Crippen LogP contribution is -2.46. The van der Waals surface area contributed by atoms with E-state index in [1.807, 2.05) is 6.92 Å². The average Bonchev–Trinajstić information content (AvgIpc) is 2.65. The highest BCUT2D eigenvalue weighted by Gasteiger charge is 2.35. The Morgan fingerprint density at radius 2 is 1.85 bits per heavy atom. The molecule has 0 saturated carbocycles. The number of esters is 2. The van der Waals surface area contributed by atoms with E-state index in [0.29, 0.717) is 29.0 Å². The number of methoxy groups -OCH3 is 1. The van der Waals surface area contributed by atoms with Gasteiger partial charge in [-0.1, -0.05) is 25.5 Å². The molecule has 0 spiro atoms. The first kappa shape index (κ1) is 19.5. The molecule has 0 aliphatic carbocycles. The Bertz CT molecular complexity index is 724. The number of carbonyl (C=O) groups excluding carboxylic acids is 3. The molecule has 1 atom stereocenters. The normalized spacial score (nSPS) is 17.0. The molecule has 0 aromatic heterocycles. The number of nitrogens with one attached hydrogen (secondary N) is 1. The maximum Gasteiger partial charge on any atom is 0.338 e. The standard InChI is InChI=1S/C19H24N2O5/c1-5-6-11-26-18(23)15-12(2)21(3)19(24)20-16(15)13-7-9-14(10-8-13)17(22)25-4/h7-10,16H,5-6,11H2,1-4H3,(H,20,24). The summed E-state index contributed by atoms with van der Waals surface area (Å²) in [6.07, 6.45) is 1.69. The molecule has 1 aromatic rings. The highest BCUT2D eigenvalue weighted by Crippen LogP contribution is 2.30. The summed E-state index contributed by atoms with van der Waals surface area (Å²) >= 11 is 0. The van der Waals surface area contributed by atoms with Crippen LogP contribution < -0.4 is 5.32 Å². The summed E-state index contributed by atoms with van der Waals surface area (Å²) < 4.78 is 10.0. The molecule has 1 N–H and O–H groups in total. The van der Waals surface area contributed by atoms with E-state index in [2.05, 4.69) is 10.1 Å². The van der Waals surface area contributed by atoms with E-state index in [0.717, 1.165) is 12.8 Å². The third kappa shape index (κ3) is 4.04. The molecule has 2 amide bonds. The number of hydrogen-bond donors (Lipinski definition) is 1. The summed E-state index contributed by atoms with van der Waals surface area (Å²) in [4.78, 5) is 37.8. The highest BCUT2D eigenvalue weighted by atomic mass is 16.5. The third-order valence-electron chi connectivity index (χ3n) is 4.37. The van der Waals surface area contributed by atoms with Crippen LogP contribution in [0.3, 0.4) is 0 Å². The number of amides is 2. The van der Waals surface area contributed by atoms with Gasteiger partial charge in [-0.25, -0.2) is 14.4 Å². The number of urea groups is 1. The van der Waals surface area contributed by atoms with Gasteiger partial charge >= 0.3 is 18.0 Å². The van der Waals surface area contributed by atoms with Gasteiger partial charge in [-0.2, -0.15) is 0 Å². The van der Waals surface area contributed by atoms with Gasteiger partial charge in [-0.05, 0) is 31.0 Å². The average molecular weight is 360 g/mol. The van der Waals surface area contributed by atoms with Crippen LogP contribution in [0, 0.1) is 0 Å². The summed E-state index contributed by atoms with van der Waals surface area (Å²) in [6.45, 7) is 4.06. The fourth-order valence-electron chi connectivity index (χ4n) is 2.67. The van der Waals surface area contributed by atoms with Gasteiger partial charge in [0.15, 0.2) is 0 Å². The van der Waals surface area contributed by atoms with Crippen LogP contribution in [0.2, 0.25) is 0 Å². The highest BCUT2D eigenvalue weighted by molar-refractivity contribution is 5.95. The molecule has 1 heterocycles. The van der Waals surface area contributed by atoms with Gasteiger partial charge in [0.25, 0.3) is 0 Å². The second kappa shape index (κ2) is 8.51. The first-order valence-corrected chi connectivity index (χ1v) is 8.51. The molecule has 0 radical (unpaired) electrons. The lowest BCUT2D eigenvalue weighted by Gasteiger charge is -2.33. The molecule has 0 saturated heterocycles. The van der Waals surface area contributed by atoms with Crippen molar-refractivity contribution in [2.75, 3.05) is 20.8 Å². The van der Waals surface area contributed by atoms with Crippen molar-refractivity contribution in [1.82, 2.24) is 10.2 Å². The van der Waals surface area contributed by atoms with Crippen molar-refractivity contribution in [3.63, 3.8) is 0 Å². The van der Waals surface area contributed by atoms with E-state index in [9.17, 15) is 14.4 Å². The van der Waals surface area contributed by atoms with Crippen LogP contribution >= 0.6 is 0 Å². The molecule has 7 heteroatoms. The van der Waals surface area contributed by atoms with Crippen LogP contribution in [0.25, 0.3) is 0 Å². The molecule has 1 aliphatic rings. The Morgan fingerprint density at radius 3 is 2.42 bits per heavy atom. The minimum absolute atomic E-state index is 0.311. The first-order chi connectivity index (χ1) is 12.4. The third-order valence-corrected chi connectivity index (χ3v) is 4.37. The maximum atomic E-state index is 12.6. The number of hydrogen-bond acceptors (Lipinski definition) is 5. The topological polar surface area (TPSA) is 84.9 Å². The van der Waals surface area contributed by atoms with Crippen molar-refractivity contribution in [3.8, 4) is 0 Å². The SMILES string of the molecule is CCCCOC(=O)C1=C(C)N(C)C(=O)NC1c1ccc(C(=O)OC)cc1. The molecular weight excluding hydrogens is 336 g/mol. The van der Waals surface area contributed by atoms with Gasteiger partial charge in [0.1, 0.15) is 0 Å². The van der Waals surface area contributed by atoms with Gasteiger partial charge < -0.3 is 19.7 Å². The molecule has 7 nitrogen and oxygen atoms in total. The molecule has 2 rings (SSSR count). The fourth-order valence-corrected chi connectivity index (χ4v) is 2.67. The van der Waals surface area contributed by atoms with E-state index < -0.39 is 18.0 Å². The number of unbranched alkanes of at least 4 members (excludes halogenated alkanes) is 1. The van der Waals surface area contributed by atoms with Crippen molar-refractivity contribution in [2.45, 2.75) is 32.7 Å². The Morgan fingerprint density at radius 1 is 1.19 bits per heavy atom. The second-order valence-corrected chi connectivity index (χ2v) is 6.04. The number of benzene rings is 1. The summed E-state index contributed by atoms with van der Waals surface area (Å²) in [7, 11) is 2.91. The summed E-state index contributed by atoms with van der Waals surface area (Å²) in [6, 6.07) is 5.63. The number of carbonyl (C=O) groups is 3.